The molecule has 164 valence electrons. The molecule has 4 rings (SSSR count). The zero-order valence-electron chi connectivity index (χ0n) is 17.1. The first kappa shape index (κ1) is 21.0. The lowest BCUT2D eigenvalue weighted by atomic mass is 9.80. The van der Waals surface area contributed by atoms with Crippen LogP contribution in [0.15, 0.2) is 0 Å². The molecule has 0 aromatic rings. The Balaban J connectivity index is 1.52. The largest absolute Gasteiger partial charge is 0.326 e. The van der Waals surface area contributed by atoms with E-state index in [1.807, 2.05) is 12.1 Å². The average molecular weight is 432 g/mol. The molecule has 4 fully saturated rings. The fourth-order valence-corrected chi connectivity index (χ4v) is 6.80. The van der Waals surface area contributed by atoms with Crippen LogP contribution in [0, 0.1) is 11.8 Å². The van der Waals surface area contributed by atoms with E-state index in [1.165, 1.54) is 9.80 Å². The molecule has 2 saturated heterocycles. The number of hydrazine groups is 1. The Bertz CT molecular complexity index is 804. The second-order valence-electron chi connectivity index (χ2n) is 9.36. The van der Waals surface area contributed by atoms with Gasteiger partial charge in [0.05, 0.1) is 5.92 Å². The molecule has 9 nitrogen and oxygen atoms in total. The minimum absolute atomic E-state index is 0.103. The van der Waals surface area contributed by atoms with Crippen LogP contribution < -0.4 is 10.1 Å². The van der Waals surface area contributed by atoms with Crippen molar-refractivity contribution < 1.29 is 22.4 Å². The molecule has 0 aromatic heterocycles. The third-order valence-electron chi connectivity index (χ3n) is 6.84. The molecule has 3 amide bonds. The van der Waals surface area contributed by atoms with E-state index in [1.54, 1.807) is 14.0 Å². The Kier molecular flexibility index (Phi) is 5.16. The van der Waals surface area contributed by atoms with Gasteiger partial charge in [0.1, 0.15) is 11.4 Å². The second-order valence-corrected chi connectivity index (χ2v) is 11.3. The summed E-state index contributed by atoms with van der Waals surface area (Å²) in [6.07, 6.45) is -0.389. The molecule has 11 heteroatoms. The molecule has 29 heavy (non-hydrogen) atoms. The van der Waals surface area contributed by atoms with Crippen LogP contribution in [0.3, 0.4) is 0 Å². The second kappa shape index (κ2) is 7.14. The van der Waals surface area contributed by atoms with E-state index >= 15 is 0 Å². The summed E-state index contributed by atoms with van der Waals surface area (Å²) in [6, 6.07) is -1.03. The Morgan fingerprint density at radius 2 is 1.93 bits per heavy atom. The van der Waals surface area contributed by atoms with Gasteiger partial charge in [-0.15, -0.1) is 0 Å². The molecule has 5 atom stereocenters. The topological polar surface area (TPSA) is 102 Å². The highest BCUT2D eigenvalue weighted by atomic mass is 32.2. The third-order valence-corrected chi connectivity index (χ3v) is 8.91. The van der Waals surface area contributed by atoms with Gasteiger partial charge in [0.25, 0.3) is 0 Å². The number of nitrogens with one attached hydrogen (secondary N) is 2. The number of imide groups is 1. The monoisotopic (exact) mass is 431 g/mol. The maximum absolute atomic E-state index is 14.9. The van der Waals surface area contributed by atoms with Gasteiger partial charge < -0.3 is 4.90 Å². The summed E-state index contributed by atoms with van der Waals surface area (Å²) in [6.45, 7) is 3.45. The van der Waals surface area contributed by atoms with Gasteiger partial charge in [-0.3, -0.25) is 15.1 Å². The predicted octanol–water partition coefficient (Wildman–Crippen LogP) is -0.0962. The summed E-state index contributed by atoms with van der Waals surface area (Å²) >= 11 is 0. The number of hydrogen-bond donors (Lipinski definition) is 2. The first-order chi connectivity index (χ1) is 13.5. The van der Waals surface area contributed by atoms with Crippen LogP contribution in [0.5, 0.6) is 0 Å². The van der Waals surface area contributed by atoms with E-state index in [2.05, 4.69) is 10.1 Å². The van der Waals surface area contributed by atoms with Crippen molar-refractivity contribution in [1.29, 1.82) is 0 Å². The van der Waals surface area contributed by atoms with Crippen LogP contribution in [0.1, 0.15) is 32.6 Å². The van der Waals surface area contributed by atoms with E-state index < -0.39 is 45.0 Å². The molecule has 2 N–H and O–H groups in total. The van der Waals surface area contributed by atoms with Crippen molar-refractivity contribution >= 4 is 22.0 Å². The van der Waals surface area contributed by atoms with E-state index in [0.717, 1.165) is 12.8 Å². The van der Waals surface area contributed by atoms with Crippen LogP contribution in [0.2, 0.25) is 0 Å². The normalized spacial score (nSPS) is 37.7. The first-order valence-electron chi connectivity index (χ1n) is 10.2. The van der Waals surface area contributed by atoms with Gasteiger partial charge in [0.2, 0.25) is 15.9 Å². The van der Waals surface area contributed by atoms with Gasteiger partial charge in [-0.1, -0.05) is 0 Å². The van der Waals surface area contributed by atoms with Crippen LogP contribution in [-0.2, 0) is 14.8 Å². The number of sulfonamides is 1. The Morgan fingerprint density at radius 3 is 2.52 bits per heavy atom. The first-order valence-corrected chi connectivity index (χ1v) is 11.7. The van der Waals surface area contributed by atoms with Crippen molar-refractivity contribution in [3.05, 3.63) is 0 Å². The zero-order valence-corrected chi connectivity index (χ0v) is 17.9. The maximum Gasteiger partial charge on any atom is 0.326 e. The number of rotatable bonds is 5. The van der Waals surface area contributed by atoms with Gasteiger partial charge in [-0.25, -0.2) is 27.3 Å². The number of alkyl halides is 1. The SMILES string of the molecule is CN1CC(CN2C(=O)C3CC(S(=O)(=O)NC4(C)CC4)C(F)CC3N(C)C2=O)CN1. The highest BCUT2D eigenvalue weighted by Crippen LogP contribution is 2.40. The number of urea groups is 1. The molecule has 0 spiro atoms. The smallest absolute Gasteiger partial charge is 0.323 e. The molecule has 4 aliphatic rings. The number of nitrogens with zero attached hydrogens (tertiary/aromatic N) is 3. The molecule has 2 heterocycles. The van der Waals surface area contributed by atoms with Gasteiger partial charge >= 0.3 is 6.03 Å². The summed E-state index contributed by atoms with van der Waals surface area (Å²) in [7, 11) is -0.427. The number of hydrogen-bond acceptors (Lipinski definition) is 6. The third kappa shape index (κ3) is 3.89. The Hall–Kier alpha value is -1.30. The van der Waals surface area contributed by atoms with Crippen molar-refractivity contribution in [2.75, 3.05) is 33.7 Å². The summed E-state index contributed by atoms with van der Waals surface area (Å²) in [5.74, 6) is -0.978. The van der Waals surface area contributed by atoms with Gasteiger partial charge in [-0.2, -0.15) is 0 Å². The van der Waals surface area contributed by atoms with Crippen LogP contribution in [-0.4, -0.2) is 91.9 Å². The van der Waals surface area contributed by atoms with Crippen LogP contribution >= 0.6 is 0 Å². The minimum atomic E-state index is -3.90. The predicted molar refractivity (Wildman–Crippen MR) is 104 cm³/mol. The molecule has 5 unspecified atom stereocenters. The number of fused-ring (bicyclic) bond motifs is 1. The molecule has 2 saturated carbocycles. The average Bonchev–Trinajstić information content (AvgIpc) is 3.20. The van der Waals surface area contributed by atoms with Gasteiger partial charge in [0, 0.05) is 57.6 Å². The highest BCUT2D eigenvalue weighted by molar-refractivity contribution is 7.90. The molecule has 2 aliphatic heterocycles. The summed E-state index contributed by atoms with van der Waals surface area (Å²) in [4.78, 5) is 28.6. The lowest BCUT2D eigenvalue weighted by Gasteiger charge is -2.48. The number of carbonyl (C=O) groups excluding carboxylic acids is 2. The van der Waals surface area contributed by atoms with Crippen LogP contribution in [0.4, 0.5) is 9.18 Å². The van der Waals surface area contributed by atoms with Crippen molar-refractivity contribution in [3.63, 3.8) is 0 Å². The Labute approximate surface area is 171 Å². The minimum Gasteiger partial charge on any atom is -0.323 e. The van der Waals surface area contributed by atoms with E-state index in [4.69, 9.17) is 0 Å². The number of carbonyl (C=O) groups is 2. The summed E-state index contributed by atoms with van der Waals surface area (Å²) in [5.41, 5.74) is 2.66. The maximum atomic E-state index is 14.9. The van der Waals surface area contributed by atoms with Crippen LogP contribution in [0.25, 0.3) is 0 Å². The van der Waals surface area contributed by atoms with E-state index in [0.29, 0.717) is 13.1 Å². The van der Waals surface area contributed by atoms with Crippen molar-refractivity contribution in [2.45, 2.75) is 55.6 Å². The quantitative estimate of drug-likeness (QED) is 0.631. The fourth-order valence-electron chi connectivity index (χ4n) is 4.80. The molecular formula is C18H30FN5O4S. The Morgan fingerprint density at radius 1 is 1.24 bits per heavy atom. The standard InChI is InChI=1S/C18H30FN5O4S/c1-18(4-5-18)21-29(27,28)15-6-12-14(7-13(15)19)23(3)17(26)24(16(12)25)10-11-8-20-22(2)9-11/h11-15,20-21H,4-10H2,1-3H3. The lowest BCUT2D eigenvalue weighted by molar-refractivity contribution is -0.141. The number of amides is 3. The van der Waals surface area contributed by atoms with Gasteiger partial charge in [-0.05, 0) is 26.2 Å². The highest BCUT2D eigenvalue weighted by Gasteiger charge is 2.55. The van der Waals surface area contributed by atoms with E-state index in [9.17, 15) is 22.4 Å². The van der Waals surface area contributed by atoms with Gasteiger partial charge in [0.15, 0.2) is 0 Å². The molecule has 0 bridgehead atoms. The van der Waals surface area contributed by atoms with Crippen molar-refractivity contribution in [2.24, 2.45) is 11.8 Å². The molecular weight excluding hydrogens is 401 g/mol. The molecule has 0 radical (unpaired) electrons. The lowest BCUT2D eigenvalue weighted by Crippen LogP contribution is -2.65. The molecule has 2 aliphatic carbocycles. The van der Waals surface area contributed by atoms with Crippen molar-refractivity contribution in [3.8, 4) is 0 Å². The fraction of sp³-hybridized carbons (Fsp3) is 0.889. The molecule has 0 aromatic carbocycles. The number of halogens is 1. The van der Waals surface area contributed by atoms with Crippen molar-refractivity contribution in [1.82, 2.24) is 25.0 Å². The summed E-state index contributed by atoms with van der Waals surface area (Å²) < 4.78 is 43.1. The zero-order chi connectivity index (χ0) is 21.1. The van der Waals surface area contributed by atoms with E-state index in [-0.39, 0.29) is 31.2 Å². The summed E-state index contributed by atoms with van der Waals surface area (Å²) in [5, 5.41) is 0.643.